The number of aromatic nitrogens is 2. The molecular weight excluding hydrogens is 414 g/mol. The van der Waals surface area contributed by atoms with Crippen LogP contribution in [-0.4, -0.2) is 33.1 Å². The van der Waals surface area contributed by atoms with E-state index >= 15 is 0 Å². The van der Waals surface area contributed by atoms with E-state index in [4.69, 9.17) is 4.42 Å². The maximum absolute atomic E-state index is 13.2. The molecule has 6 heteroatoms. The smallest absolute Gasteiger partial charge is 0.253 e. The van der Waals surface area contributed by atoms with Gasteiger partial charge in [0.2, 0.25) is 0 Å². The Morgan fingerprint density at radius 2 is 1.94 bits per heavy atom. The van der Waals surface area contributed by atoms with Crippen LogP contribution in [0.4, 0.5) is 0 Å². The highest BCUT2D eigenvalue weighted by Crippen LogP contribution is 2.25. The Kier molecular flexibility index (Phi) is 5.92. The summed E-state index contributed by atoms with van der Waals surface area (Å²) in [6, 6.07) is 15.9. The normalized spacial score (nSPS) is 18.4. The Hall–Kier alpha value is -3.51. The quantitative estimate of drug-likeness (QED) is 0.463. The fourth-order valence-electron chi connectivity index (χ4n) is 4.58. The summed E-state index contributed by atoms with van der Waals surface area (Å²) in [6.45, 7) is 1.83. The van der Waals surface area contributed by atoms with Crippen molar-refractivity contribution in [3.05, 3.63) is 83.6 Å². The summed E-state index contributed by atoms with van der Waals surface area (Å²) >= 11 is 0. The molecule has 2 N–H and O–H groups in total. The highest BCUT2D eigenvalue weighted by Gasteiger charge is 2.25. The van der Waals surface area contributed by atoms with Gasteiger partial charge in [-0.1, -0.05) is 43.2 Å². The third-order valence-electron chi connectivity index (χ3n) is 6.33. The van der Waals surface area contributed by atoms with Gasteiger partial charge < -0.3 is 14.8 Å². The number of hydrogen-bond donors (Lipinski definition) is 2. The number of aryl methyl sites for hydroxylation is 1. The van der Waals surface area contributed by atoms with Crippen LogP contribution in [0.2, 0.25) is 0 Å². The molecule has 1 amide bonds. The molecule has 1 fully saturated rings. The Balaban J connectivity index is 1.41. The first-order chi connectivity index (χ1) is 16.1. The summed E-state index contributed by atoms with van der Waals surface area (Å²) in [4.78, 5) is 22.1. The number of carbonyl (C=O) groups is 1. The number of nitrogens with zero attached hydrogens (tertiary/aromatic N) is 2. The molecule has 2 aromatic carbocycles. The lowest BCUT2D eigenvalue weighted by atomic mass is 9.92. The zero-order valence-corrected chi connectivity index (χ0v) is 18.6. The number of aliphatic hydroxyl groups excluding tert-OH is 1. The van der Waals surface area contributed by atoms with Gasteiger partial charge in [-0.15, -0.1) is 0 Å². The maximum atomic E-state index is 13.2. The molecule has 2 aromatic heterocycles. The molecule has 0 aliphatic heterocycles. The van der Waals surface area contributed by atoms with Gasteiger partial charge in [0.25, 0.3) is 5.91 Å². The van der Waals surface area contributed by atoms with Gasteiger partial charge in [-0.25, -0.2) is 4.98 Å². The lowest BCUT2D eigenvalue weighted by Gasteiger charge is -2.28. The van der Waals surface area contributed by atoms with Gasteiger partial charge in [0.05, 0.1) is 23.2 Å². The largest absolute Gasteiger partial charge is 0.449 e. The van der Waals surface area contributed by atoms with Crippen molar-refractivity contribution in [1.82, 2.24) is 15.3 Å². The molecule has 168 valence electrons. The molecule has 0 spiro atoms. The van der Waals surface area contributed by atoms with Gasteiger partial charge >= 0.3 is 0 Å². The molecule has 33 heavy (non-hydrogen) atoms. The second kappa shape index (κ2) is 9.16. The van der Waals surface area contributed by atoms with E-state index in [1.807, 2.05) is 37.3 Å². The van der Waals surface area contributed by atoms with Crippen LogP contribution in [0.1, 0.15) is 53.1 Å². The summed E-state index contributed by atoms with van der Waals surface area (Å²) in [5.74, 6) is 0.466. The van der Waals surface area contributed by atoms with Crippen molar-refractivity contribution < 1.29 is 14.3 Å². The van der Waals surface area contributed by atoms with Crippen molar-refractivity contribution in [3.63, 3.8) is 0 Å². The minimum Gasteiger partial charge on any atom is -0.449 e. The number of hydrogen-bond acceptors (Lipinski definition) is 5. The second-order valence-electron chi connectivity index (χ2n) is 8.78. The topological polar surface area (TPSA) is 88.2 Å². The molecule has 4 aromatic rings. The zero-order valence-electron chi connectivity index (χ0n) is 18.6. The van der Waals surface area contributed by atoms with Crippen LogP contribution in [0.5, 0.6) is 0 Å². The molecule has 0 unspecified atom stereocenters. The Labute approximate surface area is 192 Å². The predicted molar refractivity (Wildman–Crippen MR) is 127 cm³/mol. The van der Waals surface area contributed by atoms with E-state index in [0.717, 1.165) is 53.5 Å². The van der Waals surface area contributed by atoms with Gasteiger partial charge in [-0.05, 0) is 48.6 Å². The van der Waals surface area contributed by atoms with E-state index in [1.54, 1.807) is 12.5 Å². The van der Waals surface area contributed by atoms with Crippen LogP contribution in [0, 0.1) is 6.92 Å². The van der Waals surface area contributed by atoms with Gasteiger partial charge in [-0.2, -0.15) is 0 Å². The second-order valence-corrected chi connectivity index (χ2v) is 8.78. The molecule has 1 saturated carbocycles. The average Bonchev–Trinajstić information content (AvgIpc) is 3.27. The zero-order chi connectivity index (χ0) is 22.8. The fourth-order valence-corrected chi connectivity index (χ4v) is 4.58. The SMILES string of the molecule is Cc1nc(-c2ccc(Cc3cc(C(=O)N[C@H]4CCCC[C@@H]4O)c4ncccc4c3)cc2)co1. The number of benzene rings is 2. The van der Waals surface area contributed by atoms with Crippen LogP contribution in [0.3, 0.4) is 0 Å². The lowest BCUT2D eigenvalue weighted by Crippen LogP contribution is -2.45. The summed E-state index contributed by atoms with van der Waals surface area (Å²) < 4.78 is 5.31. The van der Waals surface area contributed by atoms with Crippen LogP contribution in [0.25, 0.3) is 22.2 Å². The number of rotatable bonds is 5. The molecule has 0 saturated heterocycles. The average molecular weight is 442 g/mol. The lowest BCUT2D eigenvalue weighted by molar-refractivity contribution is 0.0718. The third kappa shape index (κ3) is 4.66. The first-order valence-electron chi connectivity index (χ1n) is 11.4. The number of oxazole rings is 1. The summed E-state index contributed by atoms with van der Waals surface area (Å²) in [7, 11) is 0. The van der Waals surface area contributed by atoms with Crippen molar-refractivity contribution in [3.8, 4) is 11.3 Å². The number of nitrogens with one attached hydrogen (secondary N) is 1. The number of pyridine rings is 1. The number of aliphatic hydroxyl groups is 1. The molecular formula is C27H27N3O3. The van der Waals surface area contributed by atoms with Crippen LogP contribution in [-0.2, 0) is 6.42 Å². The van der Waals surface area contributed by atoms with E-state index in [-0.39, 0.29) is 11.9 Å². The van der Waals surface area contributed by atoms with E-state index in [2.05, 4.69) is 33.5 Å². The Morgan fingerprint density at radius 1 is 1.12 bits per heavy atom. The van der Waals surface area contributed by atoms with Crippen LogP contribution >= 0.6 is 0 Å². The van der Waals surface area contributed by atoms with Crippen molar-refractivity contribution in [2.45, 2.75) is 51.2 Å². The van der Waals surface area contributed by atoms with Crippen LogP contribution < -0.4 is 5.32 Å². The van der Waals surface area contributed by atoms with E-state index in [0.29, 0.717) is 23.4 Å². The Morgan fingerprint density at radius 3 is 2.70 bits per heavy atom. The Bertz CT molecular complexity index is 1280. The molecule has 0 bridgehead atoms. The minimum absolute atomic E-state index is 0.178. The molecule has 1 aliphatic rings. The summed E-state index contributed by atoms with van der Waals surface area (Å²) in [6.07, 6.45) is 7.12. The molecule has 2 atom stereocenters. The summed E-state index contributed by atoms with van der Waals surface area (Å²) in [5, 5.41) is 14.3. The highest BCUT2D eigenvalue weighted by atomic mass is 16.3. The molecule has 6 nitrogen and oxygen atoms in total. The highest BCUT2D eigenvalue weighted by molar-refractivity contribution is 6.06. The third-order valence-corrected chi connectivity index (χ3v) is 6.33. The van der Waals surface area contributed by atoms with Crippen molar-refractivity contribution in [2.75, 3.05) is 0 Å². The number of fused-ring (bicyclic) bond motifs is 1. The van der Waals surface area contributed by atoms with E-state index in [1.165, 1.54) is 0 Å². The van der Waals surface area contributed by atoms with Gasteiger partial charge in [0, 0.05) is 24.1 Å². The van der Waals surface area contributed by atoms with Gasteiger partial charge in [-0.3, -0.25) is 9.78 Å². The number of carbonyl (C=O) groups excluding carboxylic acids is 1. The molecule has 0 radical (unpaired) electrons. The standard InChI is InChI=1S/C27H27N3O3/c1-17-29-24(16-33-17)20-10-8-18(9-11-20)13-19-14-21-5-4-12-28-26(21)22(15-19)27(32)30-23-6-2-3-7-25(23)31/h4-5,8-12,14-16,23,25,31H,2-3,6-7,13H2,1H3,(H,30,32)/t23-,25-/m0/s1. The first-order valence-corrected chi connectivity index (χ1v) is 11.4. The molecule has 2 heterocycles. The summed E-state index contributed by atoms with van der Waals surface area (Å²) in [5.41, 5.74) is 5.23. The minimum atomic E-state index is -0.489. The fraction of sp³-hybridized carbons (Fsp3) is 0.296. The monoisotopic (exact) mass is 441 g/mol. The number of amides is 1. The maximum Gasteiger partial charge on any atom is 0.253 e. The van der Waals surface area contributed by atoms with Gasteiger partial charge in [0.15, 0.2) is 5.89 Å². The van der Waals surface area contributed by atoms with Crippen molar-refractivity contribution in [1.29, 1.82) is 0 Å². The molecule has 5 rings (SSSR count). The van der Waals surface area contributed by atoms with Crippen molar-refractivity contribution in [2.24, 2.45) is 0 Å². The van der Waals surface area contributed by atoms with Gasteiger partial charge in [0.1, 0.15) is 12.0 Å². The van der Waals surface area contributed by atoms with Crippen LogP contribution in [0.15, 0.2) is 65.4 Å². The van der Waals surface area contributed by atoms with E-state index < -0.39 is 6.10 Å². The molecule has 1 aliphatic carbocycles. The van der Waals surface area contributed by atoms with E-state index in [9.17, 15) is 9.90 Å². The first kappa shape index (κ1) is 21.3. The van der Waals surface area contributed by atoms with Crippen molar-refractivity contribution >= 4 is 16.8 Å². The predicted octanol–water partition coefficient (Wildman–Crippen LogP) is 4.82.